The van der Waals surface area contributed by atoms with E-state index in [1.165, 1.54) is 55.6 Å². The van der Waals surface area contributed by atoms with Crippen molar-refractivity contribution in [2.24, 2.45) is 0 Å². The van der Waals surface area contributed by atoms with Crippen LogP contribution in [0.3, 0.4) is 0 Å². The number of nitrogens with one attached hydrogen (secondary N) is 1. The summed E-state index contributed by atoms with van der Waals surface area (Å²) in [4.78, 5) is 6.58. The third-order valence-corrected chi connectivity index (χ3v) is 6.17. The Morgan fingerprint density at radius 1 is 1.35 bits per heavy atom. The maximum absolute atomic E-state index is 5.65. The molecule has 3 rings (SSSR count). The van der Waals surface area contributed by atoms with Crippen molar-refractivity contribution in [1.29, 1.82) is 0 Å². The van der Waals surface area contributed by atoms with Gasteiger partial charge in [-0.2, -0.15) is 0 Å². The lowest BCUT2D eigenvalue weighted by Gasteiger charge is -2.39. The zero-order valence-electron chi connectivity index (χ0n) is 12.7. The highest BCUT2D eigenvalue weighted by Gasteiger charge is 2.40. The average molecular weight is 294 g/mol. The normalized spacial score (nSPS) is 30.2. The van der Waals surface area contributed by atoms with Gasteiger partial charge in [0.2, 0.25) is 0 Å². The maximum atomic E-state index is 5.65. The van der Waals surface area contributed by atoms with E-state index < -0.39 is 0 Å². The van der Waals surface area contributed by atoms with Gasteiger partial charge in [0.25, 0.3) is 0 Å². The van der Waals surface area contributed by atoms with Gasteiger partial charge in [0.15, 0.2) is 0 Å². The van der Waals surface area contributed by atoms with E-state index in [1.807, 2.05) is 18.4 Å². The van der Waals surface area contributed by atoms with Crippen LogP contribution in [0.15, 0.2) is 0 Å². The van der Waals surface area contributed by atoms with Crippen LogP contribution < -0.4 is 5.32 Å². The second-order valence-corrected chi connectivity index (χ2v) is 7.25. The molecular formula is C16H26N2OS. The number of aromatic nitrogens is 1. The van der Waals surface area contributed by atoms with Crippen molar-refractivity contribution in [1.82, 2.24) is 10.3 Å². The molecule has 1 aromatic heterocycles. The fourth-order valence-corrected chi connectivity index (χ4v) is 5.11. The summed E-state index contributed by atoms with van der Waals surface area (Å²) in [7, 11) is 1.85. The van der Waals surface area contributed by atoms with E-state index in [9.17, 15) is 0 Å². The Morgan fingerprint density at radius 2 is 2.20 bits per heavy atom. The monoisotopic (exact) mass is 294 g/mol. The van der Waals surface area contributed by atoms with Gasteiger partial charge in [-0.05, 0) is 57.9 Å². The number of fused-ring (bicyclic) bond motifs is 1. The molecule has 0 radical (unpaired) electrons. The van der Waals surface area contributed by atoms with Crippen LogP contribution in [-0.4, -0.2) is 24.7 Å². The van der Waals surface area contributed by atoms with Crippen LogP contribution in [0.1, 0.15) is 61.0 Å². The van der Waals surface area contributed by atoms with Crippen LogP contribution in [0.4, 0.5) is 0 Å². The Hall–Kier alpha value is -0.450. The molecule has 1 N–H and O–H groups in total. The molecule has 1 saturated carbocycles. The summed E-state index contributed by atoms with van der Waals surface area (Å²) in [6, 6.07) is 0. The molecule has 4 heteroatoms. The highest BCUT2D eigenvalue weighted by molar-refractivity contribution is 7.11. The molecule has 0 aliphatic heterocycles. The SMILES string of the molecule is CCNC1(c2nc3c(s2)CCCC3)CCCC(OC)C1. The molecule has 2 atom stereocenters. The molecule has 1 aromatic rings. The summed E-state index contributed by atoms with van der Waals surface area (Å²) in [5, 5.41) is 5.08. The molecule has 2 unspecified atom stereocenters. The minimum atomic E-state index is 0.0652. The van der Waals surface area contributed by atoms with E-state index in [-0.39, 0.29) is 5.54 Å². The number of hydrogen-bond acceptors (Lipinski definition) is 4. The molecule has 1 fully saturated rings. The predicted molar refractivity (Wildman–Crippen MR) is 83.4 cm³/mol. The van der Waals surface area contributed by atoms with Gasteiger partial charge in [-0.25, -0.2) is 4.98 Å². The number of ether oxygens (including phenoxy) is 1. The van der Waals surface area contributed by atoms with E-state index in [0.717, 1.165) is 13.0 Å². The molecule has 0 amide bonds. The summed E-state index contributed by atoms with van der Waals surface area (Å²) < 4.78 is 5.65. The van der Waals surface area contributed by atoms with Gasteiger partial charge in [-0.1, -0.05) is 6.92 Å². The summed E-state index contributed by atoms with van der Waals surface area (Å²) >= 11 is 1.96. The molecule has 2 aliphatic rings. The first-order valence-electron chi connectivity index (χ1n) is 8.04. The van der Waals surface area contributed by atoms with Crippen LogP contribution in [0.2, 0.25) is 0 Å². The van der Waals surface area contributed by atoms with Gasteiger partial charge in [0.1, 0.15) is 5.01 Å². The van der Waals surface area contributed by atoms with E-state index in [0.29, 0.717) is 6.10 Å². The Morgan fingerprint density at radius 3 is 2.95 bits per heavy atom. The molecule has 20 heavy (non-hydrogen) atoms. The van der Waals surface area contributed by atoms with Gasteiger partial charge < -0.3 is 10.1 Å². The molecule has 0 aromatic carbocycles. The first kappa shape index (κ1) is 14.5. The average Bonchev–Trinajstić information content (AvgIpc) is 2.92. The second kappa shape index (κ2) is 6.12. The lowest BCUT2D eigenvalue weighted by Crippen LogP contribution is -2.47. The Bertz CT molecular complexity index is 432. The molecule has 3 nitrogen and oxygen atoms in total. The third kappa shape index (κ3) is 2.66. The van der Waals surface area contributed by atoms with E-state index in [2.05, 4.69) is 12.2 Å². The molecule has 2 aliphatic carbocycles. The summed E-state index contributed by atoms with van der Waals surface area (Å²) in [5.74, 6) is 0. The van der Waals surface area contributed by atoms with Crippen molar-refractivity contribution in [3.8, 4) is 0 Å². The van der Waals surface area contributed by atoms with E-state index in [1.54, 1.807) is 4.88 Å². The molecular weight excluding hydrogens is 268 g/mol. The van der Waals surface area contributed by atoms with Crippen molar-refractivity contribution in [2.45, 2.75) is 69.9 Å². The van der Waals surface area contributed by atoms with Crippen molar-refractivity contribution >= 4 is 11.3 Å². The number of hydrogen-bond donors (Lipinski definition) is 1. The first-order valence-corrected chi connectivity index (χ1v) is 8.86. The largest absolute Gasteiger partial charge is 0.381 e. The summed E-state index contributed by atoms with van der Waals surface area (Å²) in [6.07, 6.45) is 10.1. The van der Waals surface area contributed by atoms with Gasteiger partial charge in [-0.15, -0.1) is 11.3 Å². The van der Waals surface area contributed by atoms with Gasteiger partial charge in [0.05, 0.1) is 17.3 Å². The highest BCUT2D eigenvalue weighted by Crippen LogP contribution is 2.41. The van der Waals surface area contributed by atoms with Crippen LogP contribution in [0.25, 0.3) is 0 Å². The minimum Gasteiger partial charge on any atom is -0.381 e. The smallest absolute Gasteiger partial charge is 0.113 e. The minimum absolute atomic E-state index is 0.0652. The Kier molecular flexibility index (Phi) is 4.43. The quantitative estimate of drug-likeness (QED) is 0.924. The van der Waals surface area contributed by atoms with Gasteiger partial charge in [-0.3, -0.25) is 0 Å². The van der Waals surface area contributed by atoms with E-state index >= 15 is 0 Å². The van der Waals surface area contributed by atoms with Crippen molar-refractivity contribution in [3.63, 3.8) is 0 Å². The third-order valence-electron chi connectivity index (χ3n) is 4.81. The summed E-state index contributed by atoms with van der Waals surface area (Å²) in [5.41, 5.74) is 1.45. The lowest BCUT2D eigenvalue weighted by molar-refractivity contribution is 0.0296. The predicted octanol–water partition coefficient (Wildman–Crippen LogP) is 3.42. The fourth-order valence-electron chi connectivity index (χ4n) is 3.75. The Labute approximate surface area is 126 Å². The number of methoxy groups -OCH3 is 1. The van der Waals surface area contributed by atoms with Crippen molar-refractivity contribution in [3.05, 3.63) is 15.6 Å². The van der Waals surface area contributed by atoms with E-state index in [4.69, 9.17) is 9.72 Å². The molecule has 0 bridgehead atoms. The standard InChI is InChI=1S/C16H26N2OS/c1-3-17-16(10-6-7-12(11-16)19-2)15-18-13-8-4-5-9-14(13)20-15/h12,17H,3-11H2,1-2H3. The molecule has 0 saturated heterocycles. The zero-order valence-corrected chi connectivity index (χ0v) is 13.5. The van der Waals surface area contributed by atoms with Gasteiger partial charge in [0, 0.05) is 12.0 Å². The lowest BCUT2D eigenvalue weighted by atomic mass is 9.80. The summed E-state index contributed by atoms with van der Waals surface area (Å²) in [6.45, 7) is 3.20. The zero-order chi connectivity index (χ0) is 14.0. The second-order valence-electron chi connectivity index (χ2n) is 6.16. The number of aryl methyl sites for hydroxylation is 2. The van der Waals surface area contributed by atoms with Crippen LogP contribution in [0.5, 0.6) is 0 Å². The molecule has 0 spiro atoms. The van der Waals surface area contributed by atoms with Crippen LogP contribution >= 0.6 is 11.3 Å². The van der Waals surface area contributed by atoms with Crippen molar-refractivity contribution < 1.29 is 4.74 Å². The number of nitrogens with zero attached hydrogens (tertiary/aromatic N) is 1. The number of thiazole rings is 1. The van der Waals surface area contributed by atoms with Crippen LogP contribution in [0, 0.1) is 0 Å². The first-order chi connectivity index (χ1) is 9.77. The van der Waals surface area contributed by atoms with Crippen LogP contribution in [-0.2, 0) is 23.1 Å². The molecule has 1 heterocycles. The van der Waals surface area contributed by atoms with Gasteiger partial charge >= 0.3 is 0 Å². The number of rotatable bonds is 4. The molecule has 112 valence electrons. The van der Waals surface area contributed by atoms with Crippen molar-refractivity contribution in [2.75, 3.05) is 13.7 Å². The fraction of sp³-hybridized carbons (Fsp3) is 0.812. The highest BCUT2D eigenvalue weighted by atomic mass is 32.1. The Balaban J connectivity index is 1.90. The maximum Gasteiger partial charge on any atom is 0.113 e. The topological polar surface area (TPSA) is 34.2 Å².